The lowest BCUT2D eigenvalue weighted by Crippen LogP contribution is -2.43. The molecule has 120 valence electrons. The fourth-order valence-electron chi connectivity index (χ4n) is 3.90. The average molecular weight is 339 g/mol. The third kappa shape index (κ3) is 1.69. The largest absolute Gasteiger partial charge is 0.423 e. The van der Waals surface area contributed by atoms with Crippen molar-refractivity contribution in [1.82, 2.24) is 0 Å². The number of fused-ring (bicyclic) bond motifs is 6. The summed E-state index contributed by atoms with van der Waals surface area (Å²) in [5.74, 6) is 0. The maximum absolute atomic E-state index is 13.1. The molecular formula is C18H13NO4S. The van der Waals surface area contributed by atoms with E-state index >= 15 is 0 Å². The van der Waals surface area contributed by atoms with Crippen LogP contribution in [0.3, 0.4) is 0 Å². The molecule has 24 heavy (non-hydrogen) atoms. The maximum atomic E-state index is 13.1. The van der Waals surface area contributed by atoms with Crippen LogP contribution in [0.5, 0.6) is 0 Å². The van der Waals surface area contributed by atoms with Crippen molar-refractivity contribution in [1.29, 1.82) is 0 Å². The molecule has 3 heterocycles. The van der Waals surface area contributed by atoms with Gasteiger partial charge >= 0.3 is 5.63 Å². The van der Waals surface area contributed by atoms with Gasteiger partial charge in [0.2, 0.25) is 0 Å². The number of sulfonamides is 1. The van der Waals surface area contributed by atoms with Crippen molar-refractivity contribution >= 4 is 26.7 Å². The van der Waals surface area contributed by atoms with Crippen molar-refractivity contribution in [2.75, 3.05) is 4.31 Å². The van der Waals surface area contributed by atoms with E-state index in [0.717, 1.165) is 16.5 Å². The highest BCUT2D eigenvalue weighted by Crippen LogP contribution is 2.44. The van der Waals surface area contributed by atoms with Crippen molar-refractivity contribution < 1.29 is 12.8 Å². The summed E-state index contributed by atoms with van der Waals surface area (Å²) in [6.07, 6.45) is 1.30. The van der Waals surface area contributed by atoms with Gasteiger partial charge in [-0.05, 0) is 48.2 Å². The zero-order valence-electron chi connectivity index (χ0n) is 12.6. The molecule has 0 saturated heterocycles. The third-order valence-electron chi connectivity index (χ3n) is 4.86. The van der Waals surface area contributed by atoms with Crippen LogP contribution in [0.15, 0.2) is 62.6 Å². The minimum Gasteiger partial charge on any atom is -0.423 e. The van der Waals surface area contributed by atoms with E-state index in [2.05, 4.69) is 0 Å². The second-order valence-corrected chi connectivity index (χ2v) is 7.98. The van der Waals surface area contributed by atoms with Gasteiger partial charge in [-0.3, -0.25) is 4.31 Å². The van der Waals surface area contributed by atoms with Crippen LogP contribution in [-0.2, 0) is 22.9 Å². The Labute approximate surface area is 138 Å². The summed E-state index contributed by atoms with van der Waals surface area (Å²) in [7, 11) is -3.57. The monoisotopic (exact) mass is 339 g/mol. The average Bonchev–Trinajstić information content (AvgIpc) is 2.94. The number of rotatable bonds is 0. The van der Waals surface area contributed by atoms with Crippen molar-refractivity contribution in [3.05, 3.63) is 70.1 Å². The van der Waals surface area contributed by atoms with Crippen LogP contribution in [0.4, 0.5) is 5.69 Å². The smallest absolute Gasteiger partial charge is 0.336 e. The van der Waals surface area contributed by atoms with Gasteiger partial charge in [-0.15, -0.1) is 0 Å². The number of anilines is 1. The summed E-state index contributed by atoms with van der Waals surface area (Å²) in [6.45, 7) is 0. The summed E-state index contributed by atoms with van der Waals surface area (Å²) >= 11 is 0. The molecular weight excluding hydrogens is 326 g/mol. The second kappa shape index (κ2) is 4.48. The fourth-order valence-corrected chi connectivity index (χ4v) is 5.81. The Morgan fingerprint density at radius 2 is 1.83 bits per heavy atom. The molecule has 0 amide bonds. The summed E-state index contributed by atoms with van der Waals surface area (Å²) in [4.78, 5) is 11.8. The third-order valence-corrected chi connectivity index (χ3v) is 6.83. The molecule has 0 saturated carbocycles. The van der Waals surface area contributed by atoms with E-state index < -0.39 is 15.6 Å². The molecule has 1 atom stereocenters. The first-order valence-electron chi connectivity index (χ1n) is 7.74. The van der Waals surface area contributed by atoms with Gasteiger partial charge < -0.3 is 4.42 Å². The highest BCUT2D eigenvalue weighted by molar-refractivity contribution is 7.93. The lowest BCUT2D eigenvalue weighted by molar-refractivity contribution is 0.561. The maximum Gasteiger partial charge on any atom is 0.336 e. The fraction of sp³-hybridized carbons (Fsp3) is 0.167. The quantitative estimate of drug-likeness (QED) is 0.590. The van der Waals surface area contributed by atoms with Gasteiger partial charge in [0.15, 0.2) is 0 Å². The van der Waals surface area contributed by atoms with E-state index in [1.807, 2.05) is 12.1 Å². The molecule has 5 rings (SSSR count). The highest BCUT2D eigenvalue weighted by atomic mass is 32.2. The number of nitrogens with zero attached hydrogens (tertiary/aromatic N) is 1. The predicted octanol–water partition coefficient (Wildman–Crippen LogP) is 2.47. The molecule has 0 aliphatic carbocycles. The summed E-state index contributed by atoms with van der Waals surface area (Å²) in [5.41, 5.74) is 2.57. The first kappa shape index (κ1) is 13.8. The van der Waals surface area contributed by atoms with Crippen molar-refractivity contribution in [3.63, 3.8) is 0 Å². The molecule has 2 aromatic carbocycles. The number of hydrogen-bond acceptors (Lipinski definition) is 4. The van der Waals surface area contributed by atoms with E-state index in [0.29, 0.717) is 29.0 Å². The van der Waals surface area contributed by atoms with E-state index in [9.17, 15) is 13.2 Å². The minimum absolute atomic E-state index is 0.127. The Bertz CT molecular complexity index is 1160. The Balaban J connectivity index is 1.78. The predicted molar refractivity (Wildman–Crippen MR) is 89.8 cm³/mol. The molecule has 1 unspecified atom stereocenters. The normalized spacial score (nSPS) is 20.5. The number of hydrogen-bond donors (Lipinski definition) is 0. The molecule has 0 N–H and O–H groups in total. The molecule has 6 heteroatoms. The van der Waals surface area contributed by atoms with E-state index in [1.54, 1.807) is 30.3 Å². The Morgan fingerprint density at radius 1 is 1.00 bits per heavy atom. The zero-order valence-corrected chi connectivity index (χ0v) is 13.4. The SMILES string of the molecule is O=c1ccc2c3c(ccc2o1)N1C(Cc2ccccc2S1(=O)=O)C3. The second-order valence-electron chi connectivity index (χ2n) is 6.20. The summed E-state index contributed by atoms with van der Waals surface area (Å²) in [5, 5.41) is 0.806. The van der Waals surface area contributed by atoms with Crippen LogP contribution < -0.4 is 9.93 Å². The number of benzene rings is 2. The van der Waals surface area contributed by atoms with Crippen LogP contribution in [0.25, 0.3) is 11.0 Å². The first-order chi connectivity index (χ1) is 11.6. The summed E-state index contributed by atoms with van der Waals surface area (Å²) < 4.78 is 32.9. The van der Waals surface area contributed by atoms with Gasteiger partial charge in [0, 0.05) is 11.5 Å². The van der Waals surface area contributed by atoms with Gasteiger partial charge in [-0.1, -0.05) is 18.2 Å². The molecule has 0 radical (unpaired) electrons. The molecule has 1 aromatic heterocycles. The standard InChI is InChI=1S/C18H13NO4S/c20-18-8-5-13-14-10-12-9-11-3-1-2-4-17(11)24(21,22)19(12)15(14)6-7-16(13)23-18/h1-8,12H,9-10H2. The molecule has 2 aliphatic heterocycles. The van der Waals surface area contributed by atoms with Crippen LogP contribution in [-0.4, -0.2) is 14.5 Å². The zero-order chi connectivity index (χ0) is 16.5. The van der Waals surface area contributed by atoms with Crippen molar-refractivity contribution in [3.8, 4) is 0 Å². The Hall–Kier alpha value is -2.60. The molecule has 0 fully saturated rings. The van der Waals surface area contributed by atoms with Crippen molar-refractivity contribution in [2.24, 2.45) is 0 Å². The molecule has 3 aromatic rings. The van der Waals surface area contributed by atoms with E-state index in [4.69, 9.17) is 4.42 Å². The Kier molecular flexibility index (Phi) is 2.58. The van der Waals surface area contributed by atoms with Gasteiger partial charge in [-0.2, -0.15) is 0 Å². The topological polar surface area (TPSA) is 67.6 Å². The van der Waals surface area contributed by atoms with Crippen molar-refractivity contribution in [2.45, 2.75) is 23.8 Å². The molecule has 0 bridgehead atoms. The van der Waals surface area contributed by atoms with Crippen LogP contribution in [0.1, 0.15) is 11.1 Å². The lowest BCUT2D eigenvalue weighted by Gasteiger charge is -2.32. The minimum atomic E-state index is -3.57. The first-order valence-corrected chi connectivity index (χ1v) is 9.18. The summed E-state index contributed by atoms with van der Waals surface area (Å²) in [6, 6.07) is 13.6. The van der Waals surface area contributed by atoms with E-state index in [1.165, 1.54) is 10.4 Å². The van der Waals surface area contributed by atoms with Gasteiger partial charge in [-0.25, -0.2) is 13.2 Å². The lowest BCUT2D eigenvalue weighted by atomic mass is 10.0. The van der Waals surface area contributed by atoms with Gasteiger partial charge in [0.1, 0.15) is 5.58 Å². The highest BCUT2D eigenvalue weighted by Gasteiger charge is 2.43. The van der Waals surface area contributed by atoms with Crippen LogP contribution >= 0.6 is 0 Å². The molecule has 2 aliphatic rings. The molecule has 0 spiro atoms. The Morgan fingerprint density at radius 3 is 2.71 bits per heavy atom. The van der Waals surface area contributed by atoms with Crippen LogP contribution in [0, 0.1) is 0 Å². The molecule has 5 nitrogen and oxygen atoms in total. The van der Waals surface area contributed by atoms with Crippen LogP contribution in [0.2, 0.25) is 0 Å². The van der Waals surface area contributed by atoms with E-state index in [-0.39, 0.29) is 6.04 Å². The van der Waals surface area contributed by atoms with Gasteiger partial charge in [0.05, 0.1) is 16.6 Å². The van der Waals surface area contributed by atoms with Gasteiger partial charge in [0.25, 0.3) is 10.0 Å².